The van der Waals surface area contributed by atoms with E-state index in [2.05, 4.69) is 22.1 Å². The molecule has 0 radical (unpaired) electrons. The molecule has 5 heteroatoms. The van der Waals surface area contributed by atoms with Crippen molar-refractivity contribution in [2.75, 3.05) is 20.1 Å². The van der Waals surface area contributed by atoms with E-state index in [4.69, 9.17) is 4.52 Å². The summed E-state index contributed by atoms with van der Waals surface area (Å²) in [6.45, 7) is 2.14. The van der Waals surface area contributed by atoms with Gasteiger partial charge in [-0.15, -0.1) is 0 Å². The number of carbonyl (C=O) groups is 1. The fraction of sp³-hybridized carbons (Fsp3) is 0.700. The maximum Gasteiger partial charge on any atom is 0.233 e. The summed E-state index contributed by atoms with van der Waals surface area (Å²) in [6.07, 6.45) is 3.14. The Morgan fingerprint density at radius 1 is 1.53 bits per heavy atom. The molecule has 0 unspecified atom stereocenters. The monoisotopic (exact) mass is 209 g/mol. The van der Waals surface area contributed by atoms with Crippen LogP contribution in [-0.4, -0.2) is 41.5 Å². The molecule has 0 saturated carbocycles. The standard InChI is InChI=1S/C10H15N3O2/c1-13-5-2-8(3-6-13)10-11-9(4-7-14)15-12-10/h7-8H,2-6H2,1H3. The second-order valence-corrected chi connectivity index (χ2v) is 3.99. The largest absolute Gasteiger partial charge is 0.339 e. The maximum absolute atomic E-state index is 10.3. The number of hydrogen-bond donors (Lipinski definition) is 0. The zero-order valence-corrected chi connectivity index (χ0v) is 8.85. The zero-order chi connectivity index (χ0) is 10.7. The number of hydrogen-bond acceptors (Lipinski definition) is 5. The highest BCUT2D eigenvalue weighted by Crippen LogP contribution is 2.24. The molecule has 1 aliphatic rings. The zero-order valence-electron chi connectivity index (χ0n) is 8.85. The van der Waals surface area contributed by atoms with Gasteiger partial charge in [-0.1, -0.05) is 5.16 Å². The molecule has 0 bridgehead atoms. The molecule has 1 aromatic rings. The molecule has 2 heterocycles. The molecule has 0 aliphatic carbocycles. The Hall–Kier alpha value is -1.23. The molecule has 5 nitrogen and oxygen atoms in total. The van der Waals surface area contributed by atoms with E-state index in [1.54, 1.807) is 0 Å². The highest BCUT2D eigenvalue weighted by molar-refractivity contribution is 5.52. The van der Waals surface area contributed by atoms with E-state index in [0.717, 1.165) is 38.0 Å². The van der Waals surface area contributed by atoms with Crippen molar-refractivity contribution in [3.8, 4) is 0 Å². The Balaban J connectivity index is 1.99. The van der Waals surface area contributed by atoms with Crippen LogP contribution in [0.3, 0.4) is 0 Å². The molecule has 1 aromatic heterocycles. The summed E-state index contributed by atoms with van der Waals surface area (Å²) in [5.74, 6) is 1.59. The van der Waals surface area contributed by atoms with E-state index in [1.807, 2.05) is 0 Å². The van der Waals surface area contributed by atoms with Crippen LogP contribution in [0.1, 0.15) is 30.5 Å². The van der Waals surface area contributed by atoms with E-state index in [9.17, 15) is 4.79 Å². The minimum Gasteiger partial charge on any atom is -0.339 e. The third-order valence-corrected chi connectivity index (χ3v) is 2.83. The molecular weight excluding hydrogens is 194 g/mol. The third-order valence-electron chi connectivity index (χ3n) is 2.83. The van der Waals surface area contributed by atoms with Crippen molar-refractivity contribution in [3.63, 3.8) is 0 Å². The van der Waals surface area contributed by atoms with Gasteiger partial charge in [0, 0.05) is 5.92 Å². The lowest BCUT2D eigenvalue weighted by molar-refractivity contribution is -0.107. The lowest BCUT2D eigenvalue weighted by Crippen LogP contribution is -2.29. The second-order valence-electron chi connectivity index (χ2n) is 3.99. The van der Waals surface area contributed by atoms with Crippen LogP contribution in [0.2, 0.25) is 0 Å². The van der Waals surface area contributed by atoms with E-state index >= 15 is 0 Å². The van der Waals surface area contributed by atoms with Crippen LogP contribution in [0, 0.1) is 0 Å². The van der Waals surface area contributed by atoms with Gasteiger partial charge in [0.25, 0.3) is 0 Å². The topological polar surface area (TPSA) is 59.2 Å². The van der Waals surface area contributed by atoms with Gasteiger partial charge in [0.1, 0.15) is 6.29 Å². The fourth-order valence-electron chi connectivity index (χ4n) is 1.85. The molecule has 0 spiro atoms. The number of aromatic nitrogens is 2. The van der Waals surface area contributed by atoms with Gasteiger partial charge in [-0.25, -0.2) is 0 Å². The number of rotatable bonds is 3. The number of carbonyl (C=O) groups excluding carboxylic acids is 1. The molecule has 0 aromatic carbocycles. The molecule has 0 amide bonds. The van der Waals surface area contributed by atoms with Gasteiger partial charge in [0.05, 0.1) is 6.42 Å². The van der Waals surface area contributed by atoms with E-state index < -0.39 is 0 Å². The van der Waals surface area contributed by atoms with Gasteiger partial charge in [-0.05, 0) is 33.0 Å². The fourth-order valence-corrected chi connectivity index (χ4v) is 1.85. The molecule has 2 rings (SSSR count). The lowest BCUT2D eigenvalue weighted by atomic mass is 9.97. The quantitative estimate of drug-likeness (QED) is 0.683. The van der Waals surface area contributed by atoms with Crippen LogP contribution >= 0.6 is 0 Å². The molecule has 1 saturated heterocycles. The summed E-state index contributed by atoms with van der Waals surface area (Å²) in [7, 11) is 2.12. The number of likely N-dealkylation sites (tertiary alicyclic amines) is 1. The maximum atomic E-state index is 10.3. The van der Waals surface area contributed by atoms with Crippen LogP contribution in [0.5, 0.6) is 0 Å². The number of piperidine rings is 1. The van der Waals surface area contributed by atoms with E-state index in [1.165, 1.54) is 0 Å². The van der Waals surface area contributed by atoms with Gasteiger partial charge in [-0.3, -0.25) is 0 Å². The highest BCUT2D eigenvalue weighted by atomic mass is 16.5. The van der Waals surface area contributed by atoms with Gasteiger partial charge in [0.2, 0.25) is 5.89 Å². The van der Waals surface area contributed by atoms with Crippen molar-refractivity contribution in [1.29, 1.82) is 0 Å². The molecular formula is C10H15N3O2. The van der Waals surface area contributed by atoms with Crippen molar-refractivity contribution in [3.05, 3.63) is 11.7 Å². The Bertz CT molecular complexity index is 329. The van der Waals surface area contributed by atoms with Gasteiger partial charge >= 0.3 is 0 Å². The summed E-state index contributed by atoms with van der Waals surface area (Å²) in [6, 6.07) is 0. The highest BCUT2D eigenvalue weighted by Gasteiger charge is 2.22. The molecule has 1 fully saturated rings. The van der Waals surface area contributed by atoms with Gasteiger partial charge in [0.15, 0.2) is 5.82 Å². The second kappa shape index (κ2) is 4.53. The molecule has 1 aliphatic heterocycles. The Kier molecular flexibility index (Phi) is 3.11. The lowest BCUT2D eigenvalue weighted by Gasteiger charge is -2.26. The molecule has 82 valence electrons. The van der Waals surface area contributed by atoms with Gasteiger partial charge < -0.3 is 14.2 Å². The van der Waals surface area contributed by atoms with Crippen LogP contribution in [-0.2, 0) is 11.2 Å². The minimum atomic E-state index is 0.222. The minimum absolute atomic E-state index is 0.222. The van der Waals surface area contributed by atoms with Crippen LogP contribution < -0.4 is 0 Å². The summed E-state index contributed by atoms with van der Waals surface area (Å²) in [5.41, 5.74) is 0. The number of nitrogens with zero attached hydrogens (tertiary/aromatic N) is 3. The van der Waals surface area contributed by atoms with Crippen LogP contribution in [0.4, 0.5) is 0 Å². The summed E-state index contributed by atoms with van der Waals surface area (Å²) < 4.78 is 4.98. The Morgan fingerprint density at radius 3 is 2.93 bits per heavy atom. The van der Waals surface area contributed by atoms with Crippen LogP contribution in [0.15, 0.2) is 4.52 Å². The first kappa shape index (κ1) is 10.3. The summed E-state index contributed by atoms with van der Waals surface area (Å²) >= 11 is 0. The van der Waals surface area contributed by atoms with Crippen molar-refractivity contribution in [2.45, 2.75) is 25.2 Å². The van der Waals surface area contributed by atoms with Gasteiger partial charge in [-0.2, -0.15) is 4.98 Å². The Morgan fingerprint density at radius 2 is 2.27 bits per heavy atom. The predicted octanol–water partition coefficient (Wildman–Crippen LogP) is 0.620. The third kappa shape index (κ3) is 2.41. The average molecular weight is 209 g/mol. The SMILES string of the molecule is CN1CCC(c2noc(CC=O)n2)CC1. The van der Waals surface area contributed by atoms with Crippen molar-refractivity contribution < 1.29 is 9.32 Å². The first-order valence-corrected chi connectivity index (χ1v) is 5.24. The summed E-state index contributed by atoms with van der Waals surface area (Å²) in [5, 5.41) is 3.92. The van der Waals surface area contributed by atoms with Crippen molar-refractivity contribution in [1.82, 2.24) is 15.0 Å². The average Bonchev–Trinajstić information content (AvgIpc) is 2.68. The van der Waals surface area contributed by atoms with Crippen molar-refractivity contribution in [2.24, 2.45) is 0 Å². The summed E-state index contributed by atoms with van der Waals surface area (Å²) in [4.78, 5) is 16.8. The van der Waals surface area contributed by atoms with Crippen LogP contribution in [0.25, 0.3) is 0 Å². The first-order valence-electron chi connectivity index (χ1n) is 5.24. The van der Waals surface area contributed by atoms with E-state index in [0.29, 0.717) is 11.8 Å². The normalized spacial score (nSPS) is 19.3. The number of aldehydes is 1. The molecule has 0 atom stereocenters. The van der Waals surface area contributed by atoms with E-state index in [-0.39, 0.29) is 6.42 Å². The smallest absolute Gasteiger partial charge is 0.233 e. The molecule has 15 heavy (non-hydrogen) atoms. The molecule has 0 N–H and O–H groups in total. The van der Waals surface area contributed by atoms with Crippen molar-refractivity contribution >= 4 is 6.29 Å². The predicted molar refractivity (Wildman–Crippen MR) is 53.5 cm³/mol. The Labute approximate surface area is 88.5 Å². The first-order chi connectivity index (χ1) is 7.29.